The molecule has 90 valence electrons. The van der Waals surface area contributed by atoms with E-state index in [1.807, 2.05) is 0 Å². The zero-order valence-electron chi connectivity index (χ0n) is 11.2. The molecular weight excluding hydrogens is 186 g/mol. The number of ether oxygens (including phenoxy) is 1. The third kappa shape index (κ3) is 8.64. The van der Waals surface area contributed by atoms with Crippen molar-refractivity contribution < 1.29 is 4.74 Å². The Morgan fingerprint density at radius 3 is 2.47 bits per heavy atom. The average Bonchev–Trinajstić information content (AvgIpc) is 2.14. The first kappa shape index (κ1) is 14.7. The van der Waals surface area contributed by atoms with E-state index in [2.05, 4.69) is 46.0 Å². The number of methoxy groups -OCH3 is 1. The van der Waals surface area contributed by atoms with Gasteiger partial charge in [-0.1, -0.05) is 11.6 Å². The minimum Gasteiger partial charge on any atom is -0.377 e. The Balaban J connectivity index is 3.66. The first-order chi connectivity index (χ1) is 6.87. The molecular formula is C13H27NO. The van der Waals surface area contributed by atoms with E-state index >= 15 is 0 Å². The number of allylic oxidation sites excluding steroid dienone is 2. The van der Waals surface area contributed by atoms with Crippen LogP contribution in [0.4, 0.5) is 0 Å². The molecule has 0 rings (SSSR count). The minimum absolute atomic E-state index is 0.0647. The Morgan fingerprint density at radius 1 is 1.40 bits per heavy atom. The van der Waals surface area contributed by atoms with Crippen LogP contribution in [0.15, 0.2) is 11.6 Å². The monoisotopic (exact) mass is 213 g/mol. The maximum Gasteiger partial charge on any atom is 0.0746 e. The van der Waals surface area contributed by atoms with Gasteiger partial charge in [-0.3, -0.25) is 0 Å². The van der Waals surface area contributed by atoms with Crippen LogP contribution >= 0.6 is 0 Å². The highest BCUT2D eigenvalue weighted by atomic mass is 16.5. The third-order valence-electron chi connectivity index (χ3n) is 2.58. The molecule has 0 amide bonds. The minimum atomic E-state index is -0.0647. The quantitative estimate of drug-likeness (QED) is 0.656. The summed E-state index contributed by atoms with van der Waals surface area (Å²) >= 11 is 0. The smallest absolute Gasteiger partial charge is 0.0746 e. The van der Waals surface area contributed by atoms with Gasteiger partial charge in [-0.15, -0.1) is 0 Å². The second-order valence-corrected chi connectivity index (χ2v) is 5.10. The molecule has 0 spiro atoms. The van der Waals surface area contributed by atoms with E-state index in [9.17, 15) is 0 Å². The van der Waals surface area contributed by atoms with Gasteiger partial charge in [-0.25, -0.2) is 0 Å². The van der Waals surface area contributed by atoms with Gasteiger partial charge in [0.25, 0.3) is 0 Å². The zero-order chi connectivity index (χ0) is 11.9. The van der Waals surface area contributed by atoms with Crippen molar-refractivity contribution >= 4 is 0 Å². The predicted octanol–water partition coefficient (Wildman–Crippen LogP) is 3.14. The lowest BCUT2D eigenvalue weighted by Gasteiger charge is -2.25. The summed E-state index contributed by atoms with van der Waals surface area (Å²) in [5, 5.41) is 3.49. The Bertz CT molecular complexity index is 193. The first-order valence-corrected chi connectivity index (χ1v) is 5.79. The number of rotatable bonds is 7. The summed E-state index contributed by atoms with van der Waals surface area (Å²) in [4.78, 5) is 0. The van der Waals surface area contributed by atoms with Crippen molar-refractivity contribution in [1.82, 2.24) is 5.32 Å². The molecule has 0 aromatic carbocycles. The van der Waals surface area contributed by atoms with Crippen LogP contribution < -0.4 is 5.32 Å². The van der Waals surface area contributed by atoms with Gasteiger partial charge in [0.15, 0.2) is 0 Å². The van der Waals surface area contributed by atoms with E-state index < -0.39 is 0 Å². The molecule has 0 fully saturated rings. The van der Waals surface area contributed by atoms with Crippen molar-refractivity contribution in [2.75, 3.05) is 13.7 Å². The van der Waals surface area contributed by atoms with Crippen LogP contribution in [-0.4, -0.2) is 25.3 Å². The highest BCUT2D eigenvalue weighted by molar-refractivity contribution is 4.93. The molecule has 2 heteroatoms. The van der Waals surface area contributed by atoms with Crippen molar-refractivity contribution in [3.05, 3.63) is 11.6 Å². The Morgan fingerprint density at radius 2 is 2.00 bits per heavy atom. The molecule has 1 unspecified atom stereocenters. The van der Waals surface area contributed by atoms with Crippen LogP contribution in [0.1, 0.15) is 47.5 Å². The van der Waals surface area contributed by atoms with Gasteiger partial charge in [-0.05, 0) is 47.5 Å². The summed E-state index contributed by atoms with van der Waals surface area (Å²) in [5.74, 6) is 0. The van der Waals surface area contributed by atoms with Crippen LogP contribution in [0.2, 0.25) is 0 Å². The van der Waals surface area contributed by atoms with Gasteiger partial charge >= 0.3 is 0 Å². The van der Waals surface area contributed by atoms with Crippen molar-refractivity contribution in [3.63, 3.8) is 0 Å². The van der Waals surface area contributed by atoms with Crippen LogP contribution in [0.25, 0.3) is 0 Å². The Labute approximate surface area is 95.1 Å². The normalized spacial score (nSPS) is 13.7. The van der Waals surface area contributed by atoms with Crippen molar-refractivity contribution in [1.29, 1.82) is 0 Å². The van der Waals surface area contributed by atoms with Gasteiger partial charge in [0.2, 0.25) is 0 Å². The fraction of sp³-hybridized carbons (Fsp3) is 0.846. The first-order valence-electron chi connectivity index (χ1n) is 5.79. The van der Waals surface area contributed by atoms with Gasteiger partial charge in [0.1, 0.15) is 0 Å². The molecule has 0 bridgehead atoms. The highest BCUT2D eigenvalue weighted by Crippen LogP contribution is 2.07. The van der Waals surface area contributed by atoms with E-state index in [-0.39, 0.29) is 5.60 Å². The number of nitrogens with one attached hydrogen (secondary N) is 1. The Kier molecular flexibility index (Phi) is 6.86. The zero-order valence-corrected chi connectivity index (χ0v) is 11.2. The summed E-state index contributed by atoms with van der Waals surface area (Å²) in [6, 6.07) is 0.551. The lowest BCUT2D eigenvalue weighted by molar-refractivity contribution is 0.0213. The number of hydrogen-bond acceptors (Lipinski definition) is 2. The average molecular weight is 213 g/mol. The molecule has 0 aromatic heterocycles. The molecule has 0 aliphatic carbocycles. The van der Waals surface area contributed by atoms with Crippen LogP contribution in [-0.2, 0) is 4.74 Å². The van der Waals surface area contributed by atoms with Crippen molar-refractivity contribution in [2.45, 2.75) is 59.1 Å². The van der Waals surface area contributed by atoms with Crippen LogP contribution in [0.5, 0.6) is 0 Å². The largest absolute Gasteiger partial charge is 0.377 e. The molecule has 0 radical (unpaired) electrons. The summed E-state index contributed by atoms with van der Waals surface area (Å²) in [7, 11) is 1.76. The Hall–Kier alpha value is -0.340. The van der Waals surface area contributed by atoms with E-state index in [0.29, 0.717) is 6.04 Å². The predicted molar refractivity (Wildman–Crippen MR) is 67.2 cm³/mol. The van der Waals surface area contributed by atoms with Gasteiger partial charge in [-0.2, -0.15) is 0 Å². The molecule has 0 aliphatic rings. The lowest BCUT2D eigenvalue weighted by Crippen LogP contribution is -2.40. The van der Waals surface area contributed by atoms with Gasteiger partial charge in [0.05, 0.1) is 5.60 Å². The molecule has 0 aliphatic heterocycles. The molecule has 0 heterocycles. The van der Waals surface area contributed by atoms with E-state index in [4.69, 9.17) is 4.74 Å². The summed E-state index contributed by atoms with van der Waals surface area (Å²) in [6.45, 7) is 11.6. The fourth-order valence-electron chi connectivity index (χ4n) is 1.22. The third-order valence-corrected chi connectivity index (χ3v) is 2.58. The van der Waals surface area contributed by atoms with Crippen LogP contribution in [0.3, 0.4) is 0 Å². The van der Waals surface area contributed by atoms with Crippen LogP contribution in [0, 0.1) is 0 Å². The molecule has 0 aromatic rings. The highest BCUT2D eigenvalue weighted by Gasteiger charge is 2.16. The topological polar surface area (TPSA) is 21.3 Å². The molecule has 1 atom stereocenters. The molecule has 15 heavy (non-hydrogen) atoms. The fourth-order valence-corrected chi connectivity index (χ4v) is 1.22. The van der Waals surface area contributed by atoms with Crippen molar-refractivity contribution in [3.8, 4) is 0 Å². The molecule has 0 saturated heterocycles. The molecule has 2 nitrogen and oxygen atoms in total. The van der Waals surface area contributed by atoms with E-state index in [1.165, 1.54) is 12.0 Å². The second-order valence-electron chi connectivity index (χ2n) is 5.10. The summed E-state index contributed by atoms with van der Waals surface area (Å²) < 4.78 is 5.36. The number of hydrogen-bond donors (Lipinski definition) is 1. The van der Waals surface area contributed by atoms with E-state index in [0.717, 1.165) is 13.0 Å². The maximum absolute atomic E-state index is 5.36. The standard InChI is InChI=1S/C13H27NO/c1-11(2)8-7-9-12(3)14-10-13(4,5)15-6/h8,12,14H,7,9-10H2,1-6H3. The summed E-state index contributed by atoms with van der Waals surface area (Å²) in [6.07, 6.45) is 4.63. The lowest BCUT2D eigenvalue weighted by atomic mass is 10.1. The van der Waals surface area contributed by atoms with Gasteiger partial charge < -0.3 is 10.1 Å². The second kappa shape index (κ2) is 7.02. The van der Waals surface area contributed by atoms with E-state index in [1.54, 1.807) is 7.11 Å². The summed E-state index contributed by atoms with van der Waals surface area (Å²) in [5.41, 5.74) is 1.34. The SMILES string of the molecule is COC(C)(C)CNC(C)CCC=C(C)C. The maximum atomic E-state index is 5.36. The van der Waals surface area contributed by atoms with Crippen molar-refractivity contribution in [2.24, 2.45) is 0 Å². The molecule has 0 saturated carbocycles. The molecule has 1 N–H and O–H groups in total. The van der Waals surface area contributed by atoms with Gasteiger partial charge in [0, 0.05) is 19.7 Å².